The molecule has 0 saturated carbocycles. The Morgan fingerprint density at radius 2 is 0.935 bits per heavy atom. The topological polar surface area (TPSA) is 174 Å². The molecule has 0 saturated heterocycles. The van der Waals surface area contributed by atoms with Gasteiger partial charge in [0.05, 0.1) is 39.6 Å². The Morgan fingerprint density at radius 1 is 0.609 bits per heavy atom. The van der Waals surface area contributed by atoms with E-state index in [1.807, 2.05) is 79.7 Å². The number of hydrogen-bond acceptors (Lipinski definition) is 8. The van der Waals surface area contributed by atoms with Gasteiger partial charge in [-0.3, -0.25) is 9.59 Å². The minimum absolute atomic E-state index is 0.0417. The molecule has 0 aliphatic heterocycles. The largest absolute Gasteiger partial charge is 0.507 e. The summed E-state index contributed by atoms with van der Waals surface area (Å²) in [6.45, 7) is 18.0. The summed E-state index contributed by atoms with van der Waals surface area (Å²) in [4.78, 5) is 21.3. The molecule has 2 aromatic carbocycles. The number of carbonyl (C=O) groups is 2. The normalized spacial score (nSPS) is 11.3. The summed E-state index contributed by atoms with van der Waals surface area (Å²) in [5, 5.41) is 54.4. The molecule has 0 spiro atoms. The Labute approximate surface area is 275 Å². The average molecular weight is 651 g/mol. The van der Waals surface area contributed by atoms with Crippen LogP contribution in [0.3, 0.4) is 0 Å². The van der Waals surface area contributed by atoms with Crippen LogP contribution in [0.4, 0.5) is 0 Å². The van der Waals surface area contributed by atoms with E-state index >= 15 is 0 Å². The predicted molar refractivity (Wildman–Crippen MR) is 180 cm³/mol. The van der Waals surface area contributed by atoms with Crippen LogP contribution in [-0.4, -0.2) is 82.2 Å². The highest BCUT2D eigenvalue weighted by molar-refractivity contribution is 5.67. The number of carboxylic acids is 2. The summed E-state index contributed by atoms with van der Waals surface area (Å²) < 4.78 is 9.75. The zero-order valence-corrected chi connectivity index (χ0v) is 29.1. The Bertz CT molecular complexity index is 1100. The molecule has 0 aliphatic rings. The summed E-state index contributed by atoms with van der Waals surface area (Å²) in [5.74, 6) is -0.884. The average Bonchev–Trinajstić information content (AvgIpc) is 2.97. The molecule has 0 fully saturated rings. The molecule has 10 heteroatoms. The Kier molecular flexibility index (Phi) is 20.1. The molecule has 6 N–H and O–H groups in total. The van der Waals surface area contributed by atoms with Crippen LogP contribution in [0.1, 0.15) is 102 Å². The number of aliphatic carboxylic acids is 2. The SMILES string of the molecule is CCc1cc(CCC(=O)O)cc(C(C)(C)C)c1O.CCc1cc(CCC(=O)O)cc(C(C)(C)C)c1O.OCCOCCOCCO. The molecular weight excluding hydrogens is 592 g/mol. The quantitative estimate of drug-likeness (QED) is 0.134. The van der Waals surface area contributed by atoms with Crippen LogP contribution < -0.4 is 0 Å². The third-order valence-corrected chi connectivity index (χ3v) is 6.97. The van der Waals surface area contributed by atoms with E-state index in [-0.39, 0.29) is 36.9 Å². The number of benzene rings is 2. The van der Waals surface area contributed by atoms with Crippen molar-refractivity contribution in [1.82, 2.24) is 0 Å². The van der Waals surface area contributed by atoms with Gasteiger partial charge in [-0.15, -0.1) is 0 Å². The van der Waals surface area contributed by atoms with Gasteiger partial charge in [-0.2, -0.15) is 0 Å². The van der Waals surface area contributed by atoms with Crippen molar-refractivity contribution in [3.8, 4) is 11.5 Å². The van der Waals surface area contributed by atoms with Crippen molar-refractivity contribution >= 4 is 11.9 Å². The number of hydrogen-bond donors (Lipinski definition) is 6. The number of aryl methyl sites for hydroxylation is 4. The van der Waals surface area contributed by atoms with Gasteiger partial charge in [0.15, 0.2) is 0 Å². The number of aliphatic hydroxyl groups excluding tert-OH is 2. The molecular formula is C36H58O10. The van der Waals surface area contributed by atoms with Gasteiger partial charge in [0, 0.05) is 12.8 Å². The fourth-order valence-corrected chi connectivity index (χ4v) is 4.45. The lowest BCUT2D eigenvalue weighted by molar-refractivity contribution is -0.138. The van der Waals surface area contributed by atoms with Crippen molar-refractivity contribution in [3.05, 3.63) is 57.6 Å². The molecule has 0 aromatic heterocycles. The molecule has 262 valence electrons. The Hall–Kier alpha value is -3.18. The molecule has 0 unspecified atom stereocenters. The number of carboxylic acid groups (broad SMARTS) is 2. The molecule has 46 heavy (non-hydrogen) atoms. The number of ether oxygens (including phenoxy) is 2. The first-order chi connectivity index (χ1) is 21.4. The fourth-order valence-electron chi connectivity index (χ4n) is 4.45. The molecule has 0 aliphatic carbocycles. The van der Waals surface area contributed by atoms with Crippen molar-refractivity contribution in [2.24, 2.45) is 0 Å². The maximum atomic E-state index is 10.6. The first kappa shape index (κ1) is 42.8. The van der Waals surface area contributed by atoms with Crippen molar-refractivity contribution in [2.75, 3.05) is 39.6 Å². The Balaban J connectivity index is 0.000000691. The molecule has 0 atom stereocenters. The van der Waals surface area contributed by atoms with E-state index in [2.05, 4.69) is 0 Å². The van der Waals surface area contributed by atoms with Gasteiger partial charge < -0.3 is 40.1 Å². The van der Waals surface area contributed by atoms with Crippen molar-refractivity contribution in [3.63, 3.8) is 0 Å². The molecule has 2 aromatic rings. The van der Waals surface area contributed by atoms with Crippen LogP contribution in [0.15, 0.2) is 24.3 Å². The zero-order chi connectivity index (χ0) is 35.5. The number of aromatic hydroxyl groups is 2. The lowest BCUT2D eigenvalue weighted by atomic mass is 9.83. The summed E-state index contributed by atoms with van der Waals surface area (Å²) in [6, 6.07) is 7.68. The lowest BCUT2D eigenvalue weighted by Crippen LogP contribution is -2.13. The first-order valence-corrected chi connectivity index (χ1v) is 15.9. The van der Waals surface area contributed by atoms with E-state index < -0.39 is 11.9 Å². The van der Waals surface area contributed by atoms with Crippen LogP contribution in [0.5, 0.6) is 11.5 Å². The smallest absolute Gasteiger partial charge is 0.303 e. The number of phenols is 2. The van der Waals surface area contributed by atoms with Gasteiger partial charge in [0.2, 0.25) is 0 Å². The highest BCUT2D eigenvalue weighted by Gasteiger charge is 2.22. The van der Waals surface area contributed by atoms with Gasteiger partial charge in [-0.05, 0) is 69.9 Å². The molecule has 0 amide bonds. The second kappa shape index (κ2) is 21.6. The highest BCUT2D eigenvalue weighted by Crippen LogP contribution is 2.36. The minimum Gasteiger partial charge on any atom is -0.507 e. The van der Waals surface area contributed by atoms with Gasteiger partial charge >= 0.3 is 11.9 Å². The standard InChI is InChI=1S/2C15H22O3.C6H14O4/c2*1-5-11-8-10(6-7-13(16)17)9-12(14(11)18)15(2,3)4;7-1-3-9-5-6-10-4-2-8/h2*8-9,18H,5-7H2,1-4H3,(H,16,17);7-8H,1-6H2. The number of rotatable bonds is 15. The summed E-state index contributed by atoms with van der Waals surface area (Å²) in [7, 11) is 0. The third kappa shape index (κ3) is 16.9. The van der Waals surface area contributed by atoms with Crippen LogP contribution in [0.25, 0.3) is 0 Å². The fraction of sp³-hybridized carbons (Fsp3) is 0.611. The van der Waals surface area contributed by atoms with Crippen LogP contribution in [0, 0.1) is 0 Å². The van der Waals surface area contributed by atoms with Gasteiger partial charge in [0.1, 0.15) is 11.5 Å². The number of aliphatic hydroxyl groups is 2. The molecule has 0 radical (unpaired) electrons. The van der Waals surface area contributed by atoms with E-state index in [1.165, 1.54) is 0 Å². The summed E-state index contributed by atoms with van der Waals surface area (Å²) >= 11 is 0. The molecule has 10 nitrogen and oxygen atoms in total. The minimum atomic E-state index is -0.793. The van der Waals surface area contributed by atoms with Crippen LogP contribution in [-0.2, 0) is 55.6 Å². The Morgan fingerprint density at radius 3 is 1.17 bits per heavy atom. The van der Waals surface area contributed by atoms with Crippen molar-refractivity contribution in [2.45, 2.75) is 105 Å². The summed E-state index contributed by atoms with van der Waals surface area (Å²) in [5.41, 5.74) is 5.24. The van der Waals surface area contributed by atoms with Crippen LogP contribution in [0.2, 0.25) is 0 Å². The monoisotopic (exact) mass is 650 g/mol. The van der Waals surface area contributed by atoms with E-state index in [9.17, 15) is 19.8 Å². The van der Waals surface area contributed by atoms with Crippen molar-refractivity contribution < 1.29 is 49.7 Å². The summed E-state index contributed by atoms with van der Waals surface area (Å²) in [6.07, 6.45) is 2.75. The maximum Gasteiger partial charge on any atom is 0.303 e. The van der Waals surface area contributed by atoms with Gasteiger partial charge in [0.25, 0.3) is 0 Å². The number of phenolic OH excluding ortho intramolecular Hbond substituents is 2. The molecule has 0 bridgehead atoms. The zero-order valence-electron chi connectivity index (χ0n) is 29.1. The molecule has 2 rings (SSSR count). The van der Waals surface area contributed by atoms with E-state index in [0.29, 0.717) is 50.8 Å². The third-order valence-electron chi connectivity index (χ3n) is 6.97. The van der Waals surface area contributed by atoms with E-state index in [0.717, 1.165) is 46.2 Å². The first-order valence-electron chi connectivity index (χ1n) is 15.9. The second-order valence-electron chi connectivity index (χ2n) is 13.0. The lowest BCUT2D eigenvalue weighted by Gasteiger charge is -2.23. The van der Waals surface area contributed by atoms with Crippen LogP contribution >= 0.6 is 0 Å². The van der Waals surface area contributed by atoms with Gasteiger partial charge in [-0.25, -0.2) is 0 Å². The maximum absolute atomic E-state index is 10.6. The molecule has 0 heterocycles. The highest BCUT2D eigenvalue weighted by atomic mass is 16.5. The van der Waals surface area contributed by atoms with Gasteiger partial charge in [-0.1, -0.05) is 79.7 Å². The second-order valence-corrected chi connectivity index (χ2v) is 13.0. The van der Waals surface area contributed by atoms with Crippen molar-refractivity contribution in [1.29, 1.82) is 0 Å². The van der Waals surface area contributed by atoms with E-state index in [4.69, 9.17) is 29.9 Å². The predicted octanol–water partition coefficient (Wildman–Crippen LogP) is 5.54. The van der Waals surface area contributed by atoms with E-state index in [1.54, 1.807) is 0 Å².